The van der Waals surface area contributed by atoms with Gasteiger partial charge in [0.15, 0.2) is 0 Å². The Morgan fingerprint density at radius 1 is 1.05 bits per heavy atom. The number of carbonyl (C=O) groups is 1. The molecule has 3 nitrogen and oxygen atoms in total. The summed E-state index contributed by atoms with van der Waals surface area (Å²) in [5.74, 6) is -0.164. The van der Waals surface area contributed by atoms with Crippen LogP contribution >= 0.6 is 0 Å². The number of aromatic hydroxyl groups is 1. The molecule has 0 unspecified atom stereocenters. The fraction of sp³-hybridized carbons (Fsp3) is 0.0769. The number of carbonyl (C=O) groups excluding carboxylic acids is 1. The average Bonchev–Trinajstić information content (AvgIpc) is 2.37. The summed E-state index contributed by atoms with van der Waals surface area (Å²) < 4.78 is 38.1. The number of pyridine rings is 1. The Morgan fingerprint density at radius 3 is 2.37 bits per heavy atom. The van der Waals surface area contributed by atoms with Gasteiger partial charge < -0.3 is 5.11 Å². The predicted octanol–water partition coefficient (Wildman–Crippen LogP) is 3.29. The maximum atomic E-state index is 12.7. The first-order valence-electron chi connectivity index (χ1n) is 5.22. The molecule has 98 valence electrons. The Balaban J connectivity index is 2.60. The molecule has 1 N–H and O–H groups in total. The van der Waals surface area contributed by atoms with Gasteiger partial charge in [-0.2, -0.15) is 13.2 Å². The fourth-order valence-electron chi connectivity index (χ4n) is 1.64. The van der Waals surface area contributed by atoms with Crippen LogP contribution in [0.1, 0.15) is 15.9 Å². The number of aromatic nitrogens is 1. The number of benzene rings is 1. The van der Waals surface area contributed by atoms with Crippen LogP contribution in [0.4, 0.5) is 13.2 Å². The second-order valence-corrected chi connectivity index (χ2v) is 3.89. The van der Waals surface area contributed by atoms with Crippen molar-refractivity contribution in [3.05, 3.63) is 47.8 Å². The van der Waals surface area contributed by atoms with Crippen LogP contribution in [-0.2, 0) is 6.18 Å². The van der Waals surface area contributed by atoms with Crippen LogP contribution in [-0.4, -0.2) is 16.4 Å². The first-order chi connectivity index (χ1) is 8.90. The van der Waals surface area contributed by atoms with Gasteiger partial charge in [0.2, 0.25) is 0 Å². The van der Waals surface area contributed by atoms with E-state index in [2.05, 4.69) is 4.98 Å². The van der Waals surface area contributed by atoms with E-state index < -0.39 is 11.7 Å². The van der Waals surface area contributed by atoms with Crippen molar-refractivity contribution in [1.82, 2.24) is 4.98 Å². The second-order valence-electron chi connectivity index (χ2n) is 3.89. The van der Waals surface area contributed by atoms with Crippen molar-refractivity contribution in [1.29, 1.82) is 0 Å². The molecule has 2 rings (SSSR count). The molecule has 0 aliphatic rings. The second kappa shape index (κ2) is 4.72. The van der Waals surface area contributed by atoms with Gasteiger partial charge in [-0.15, -0.1) is 0 Å². The highest BCUT2D eigenvalue weighted by Crippen LogP contribution is 2.33. The zero-order valence-electron chi connectivity index (χ0n) is 9.48. The molecule has 0 atom stereocenters. The minimum atomic E-state index is -4.54. The molecule has 2 aromatic rings. The molecule has 0 aliphatic carbocycles. The smallest absolute Gasteiger partial charge is 0.416 e. The van der Waals surface area contributed by atoms with Crippen LogP contribution in [0, 0.1) is 0 Å². The van der Waals surface area contributed by atoms with Gasteiger partial charge in [-0.3, -0.25) is 9.78 Å². The summed E-state index contributed by atoms with van der Waals surface area (Å²) in [6, 6.07) is 4.26. The summed E-state index contributed by atoms with van der Waals surface area (Å²) in [5, 5.41) is 9.28. The van der Waals surface area contributed by atoms with Crippen LogP contribution in [0.5, 0.6) is 5.75 Å². The summed E-state index contributed by atoms with van der Waals surface area (Å²) in [7, 11) is 0. The third-order valence-corrected chi connectivity index (χ3v) is 2.48. The number of aldehydes is 1. The van der Waals surface area contributed by atoms with Gasteiger partial charge in [0, 0.05) is 17.3 Å². The third-order valence-electron chi connectivity index (χ3n) is 2.48. The highest BCUT2D eigenvalue weighted by atomic mass is 19.4. The first-order valence-corrected chi connectivity index (χ1v) is 5.22. The predicted molar refractivity (Wildman–Crippen MR) is 61.7 cm³/mol. The van der Waals surface area contributed by atoms with Gasteiger partial charge in [0.1, 0.15) is 12.0 Å². The number of halogens is 3. The van der Waals surface area contributed by atoms with Crippen LogP contribution in [0.25, 0.3) is 11.1 Å². The summed E-state index contributed by atoms with van der Waals surface area (Å²) in [6.45, 7) is 0. The molecule has 0 radical (unpaired) electrons. The number of hydrogen-bond acceptors (Lipinski definition) is 3. The molecule has 0 saturated heterocycles. The average molecular weight is 267 g/mol. The van der Waals surface area contributed by atoms with Crippen molar-refractivity contribution < 1.29 is 23.1 Å². The fourth-order valence-corrected chi connectivity index (χ4v) is 1.64. The SMILES string of the molecule is O=Cc1cc(-c2cncc(O)c2)cc(C(F)(F)F)c1. The van der Waals surface area contributed by atoms with Crippen LogP contribution in [0.2, 0.25) is 0 Å². The lowest BCUT2D eigenvalue weighted by molar-refractivity contribution is -0.137. The largest absolute Gasteiger partial charge is 0.506 e. The van der Waals surface area contributed by atoms with Crippen LogP contribution in [0.3, 0.4) is 0 Å². The molecule has 19 heavy (non-hydrogen) atoms. The quantitative estimate of drug-likeness (QED) is 0.849. The Bertz CT molecular complexity index is 624. The van der Waals surface area contributed by atoms with Gasteiger partial charge >= 0.3 is 6.18 Å². The van der Waals surface area contributed by atoms with Crippen molar-refractivity contribution in [2.24, 2.45) is 0 Å². The standard InChI is InChI=1S/C13H8F3NO2/c14-13(15,16)11-2-8(7-18)1-9(3-11)10-4-12(19)6-17-5-10/h1-7,19H. The summed E-state index contributed by atoms with van der Waals surface area (Å²) in [6.07, 6.45) is -1.73. The Labute approximate surface area is 106 Å². The Morgan fingerprint density at radius 2 is 1.79 bits per heavy atom. The molecular formula is C13H8F3NO2. The minimum Gasteiger partial charge on any atom is -0.506 e. The molecule has 1 aromatic carbocycles. The lowest BCUT2D eigenvalue weighted by Crippen LogP contribution is -2.06. The highest BCUT2D eigenvalue weighted by molar-refractivity contribution is 5.79. The van der Waals surface area contributed by atoms with E-state index >= 15 is 0 Å². The Hall–Kier alpha value is -2.37. The minimum absolute atomic E-state index is 0.0897. The summed E-state index contributed by atoms with van der Waals surface area (Å²) in [5.41, 5.74) is -0.543. The van der Waals surface area contributed by atoms with E-state index in [1.165, 1.54) is 18.3 Å². The van der Waals surface area contributed by atoms with Crippen molar-refractivity contribution in [2.75, 3.05) is 0 Å². The van der Waals surface area contributed by atoms with Crippen molar-refractivity contribution in [3.8, 4) is 16.9 Å². The van der Waals surface area contributed by atoms with E-state index in [0.29, 0.717) is 11.8 Å². The van der Waals surface area contributed by atoms with Crippen molar-refractivity contribution in [3.63, 3.8) is 0 Å². The highest BCUT2D eigenvalue weighted by Gasteiger charge is 2.31. The summed E-state index contributed by atoms with van der Waals surface area (Å²) in [4.78, 5) is 14.4. The van der Waals surface area contributed by atoms with E-state index in [9.17, 15) is 23.1 Å². The molecule has 1 heterocycles. The third kappa shape index (κ3) is 2.90. The van der Waals surface area contributed by atoms with E-state index in [-0.39, 0.29) is 16.9 Å². The maximum Gasteiger partial charge on any atom is 0.416 e. The number of rotatable bonds is 2. The lowest BCUT2D eigenvalue weighted by Gasteiger charge is -2.10. The molecule has 0 aliphatic heterocycles. The van der Waals surface area contributed by atoms with E-state index in [4.69, 9.17) is 0 Å². The van der Waals surface area contributed by atoms with Crippen LogP contribution in [0.15, 0.2) is 36.7 Å². The zero-order chi connectivity index (χ0) is 14.0. The van der Waals surface area contributed by atoms with E-state index in [0.717, 1.165) is 18.3 Å². The molecular weight excluding hydrogens is 259 g/mol. The normalized spacial score (nSPS) is 11.3. The molecule has 0 amide bonds. The molecule has 0 spiro atoms. The maximum absolute atomic E-state index is 12.7. The molecule has 0 fully saturated rings. The Kier molecular flexibility index (Phi) is 3.25. The van der Waals surface area contributed by atoms with Crippen molar-refractivity contribution >= 4 is 6.29 Å². The summed E-state index contributed by atoms with van der Waals surface area (Å²) >= 11 is 0. The van der Waals surface area contributed by atoms with Gasteiger partial charge in [-0.1, -0.05) is 0 Å². The van der Waals surface area contributed by atoms with E-state index in [1.54, 1.807) is 0 Å². The lowest BCUT2D eigenvalue weighted by atomic mass is 10.0. The molecule has 0 saturated carbocycles. The van der Waals surface area contributed by atoms with Crippen LogP contribution < -0.4 is 0 Å². The van der Waals surface area contributed by atoms with Crippen molar-refractivity contribution in [2.45, 2.75) is 6.18 Å². The van der Waals surface area contributed by atoms with E-state index in [1.807, 2.05) is 0 Å². The number of alkyl halides is 3. The van der Waals surface area contributed by atoms with Gasteiger partial charge in [-0.25, -0.2) is 0 Å². The van der Waals surface area contributed by atoms with Gasteiger partial charge in [0.05, 0.1) is 11.8 Å². The molecule has 6 heteroatoms. The van der Waals surface area contributed by atoms with Gasteiger partial charge in [0.25, 0.3) is 0 Å². The topological polar surface area (TPSA) is 50.2 Å². The zero-order valence-corrected chi connectivity index (χ0v) is 9.48. The molecule has 0 bridgehead atoms. The van der Waals surface area contributed by atoms with Gasteiger partial charge in [-0.05, 0) is 29.8 Å². The number of nitrogens with zero attached hydrogens (tertiary/aromatic N) is 1. The first kappa shape index (κ1) is 13.1. The molecule has 1 aromatic heterocycles. The number of hydrogen-bond donors (Lipinski definition) is 1. The monoisotopic (exact) mass is 267 g/mol.